The lowest BCUT2D eigenvalue weighted by atomic mass is 9.89. The summed E-state index contributed by atoms with van der Waals surface area (Å²) in [6.07, 6.45) is 2.98. The molecule has 4 atom stereocenters. The van der Waals surface area contributed by atoms with Crippen LogP contribution in [0.4, 0.5) is 0 Å². The molecule has 0 aromatic heterocycles. The van der Waals surface area contributed by atoms with Crippen LogP contribution in [-0.4, -0.2) is 38.0 Å². The molecule has 1 saturated heterocycles. The van der Waals surface area contributed by atoms with Crippen LogP contribution in [0.15, 0.2) is 0 Å². The van der Waals surface area contributed by atoms with E-state index in [0.29, 0.717) is 19.1 Å². The first-order valence-electron chi connectivity index (χ1n) is 8.35. The number of carbonyl (C=O) groups is 1. The van der Waals surface area contributed by atoms with Crippen LogP contribution in [0.25, 0.3) is 0 Å². The Kier molecular flexibility index (Phi) is 8.27. The Hall–Kier alpha value is -0.610. The average Bonchev–Trinajstić information content (AvgIpc) is 2.46. The van der Waals surface area contributed by atoms with Gasteiger partial charge in [0.05, 0.1) is 25.2 Å². The van der Waals surface area contributed by atoms with Gasteiger partial charge in [-0.3, -0.25) is 4.79 Å². The summed E-state index contributed by atoms with van der Waals surface area (Å²) >= 11 is 0. The predicted molar refractivity (Wildman–Crippen MR) is 83.1 cm³/mol. The van der Waals surface area contributed by atoms with Crippen molar-refractivity contribution in [2.75, 3.05) is 19.8 Å². The summed E-state index contributed by atoms with van der Waals surface area (Å²) in [4.78, 5) is 12.0. The highest BCUT2D eigenvalue weighted by molar-refractivity contribution is 5.72. The molecule has 4 heteroatoms. The number of carbonyl (C=O) groups excluding carboxylic acids is 1. The number of ether oxygens (including phenoxy) is 3. The third-order valence-electron chi connectivity index (χ3n) is 4.05. The van der Waals surface area contributed by atoms with E-state index >= 15 is 0 Å². The van der Waals surface area contributed by atoms with Gasteiger partial charge in [-0.1, -0.05) is 27.2 Å². The van der Waals surface area contributed by atoms with E-state index in [4.69, 9.17) is 14.2 Å². The summed E-state index contributed by atoms with van der Waals surface area (Å²) in [6, 6.07) is 0. The molecule has 4 nitrogen and oxygen atoms in total. The Morgan fingerprint density at radius 1 is 1.29 bits per heavy atom. The molecule has 1 rings (SSSR count). The van der Waals surface area contributed by atoms with Crippen molar-refractivity contribution in [3.05, 3.63) is 0 Å². The maximum absolute atomic E-state index is 12.0. The summed E-state index contributed by atoms with van der Waals surface area (Å²) in [6.45, 7) is 12.1. The zero-order chi connectivity index (χ0) is 15.8. The number of hydrogen-bond acceptors (Lipinski definition) is 4. The minimum absolute atomic E-state index is 0.0109. The van der Waals surface area contributed by atoms with Gasteiger partial charge in [0.2, 0.25) is 0 Å². The van der Waals surface area contributed by atoms with Gasteiger partial charge in [-0.2, -0.15) is 0 Å². The topological polar surface area (TPSA) is 44.8 Å². The number of rotatable bonds is 6. The molecule has 0 saturated carbocycles. The molecule has 0 spiro atoms. The standard InChI is InChI=1S/C17H32O4/c1-6-9-20-16-11-19-10-13(4)17(18)21-14(5)15(16)8-7-12(2)3/h12-16H,6-11H2,1-5H3. The van der Waals surface area contributed by atoms with E-state index in [1.54, 1.807) is 0 Å². The van der Waals surface area contributed by atoms with Crippen LogP contribution in [0.5, 0.6) is 0 Å². The van der Waals surface area contributed by atoms with Crippen LogP contribution in [0.3, 0.4) is 0 Å². The third-order valence-corrected chi connectivity index (χ3v) is 4.05. The second-order valence-electron chi connectivity index (χ2n) is 6.62. The van der Waals surface area contributed by atoms with E-state index in [-0.39, 0.29) is 30.0 Å². The minimum Gasteiger partial charge on any atom is -0.462 e. The van der Waals surface area contributed by atoms with Crippen LogP contribution in [0.2, 0.25) is 0 Å². The van der Waals surface area contributed by atoms with E-state index in [1.165, 1.54) is 0 Å². The van der Waals surface area contributed by atoms with Crippen molar-refractivity contribution in [2.45, 2.75) is 66.1 Å². The van der Waals surface area contributed by atoms with Crippen LogP contribution in [0, 0.1) is 17.8 Å². The van der Waals surface area contributed by atoms with Crippen molar-refractivity contribution in [1.82, 2.24) is 0 Å². The summed E-state index contributed by atoms with van der Waals surface area (Å²) in [5.41, 5.74) is 0. The fourth-order valence-electron chi connectivity index (χ4n) is 2.63. The zero-order valence-electron chi connectivity index (χ0n) is 14.3. The van der Waals surface area contributed by atoms with Crippen molar-refractivity contribution >= 4 is 5.97 Å². The van der Waals surface area contributed by atoms with Crippen LogP contribution >= 0.6 is 0 Å². The largest absolute Gasteiger partial charge is 0.462 e. The highest BCUT2D eigenvalue weighted by atomic mass is 16.6. The lowest BCUT2D eigenvalue weighted by Gasteiger charge is -2.31. The van der Waals surface area contributed by atoms with Gasteiger partial charge in [-0.05, 0) is 32.6 Å². The van der Waals surface area contributed by atoms with E-state index in [2.05, 4.69) is 20.8 Å². The molecule has 0 N–H and O–H groups in total. The van der Waals surface area contributed by atoms with Gasteiger partial charge in [0, 0.05) is 12.5 Å². The first-order chi connectivity index (χ1) is 9.95. The zero-order valence-corrected chi connectivity index (χ0v) is 14.3. The van der Waals surface area contributed by atoms with E-state index < -0.39 is 0 Å². The van der Waals surface area contributed by atoms with E-state index in [9.17, 15) is 4.79 Å². The summed E-state index contributed by atoms with van der Waals surface area (Å²) in [5, 5.41) is 0. The maximum atomic E-state index is 12.0. The molecule has 0 radical (unpaired) electrons. The second kappa shape index (κ2) is 9.42. The first-order valence-corrected chi connectivity index (χ1v) is 8.35. The van der Waals surface area contributed by atoms with Gasteiger partial charge >= 0.3 is 5.97 Å². The normalized spacial score (nSPS) is 31.4. The molecule has 0 bridgehead atoms. The molecule has 21 heavy (non-hydrogen) atoms. The summed E-state index contributed by atoms with van der Waals surface area (Å²) in [7, 11) is 0. The molecule has 0 aromatic carbocycles. The number of hydrogen-bond donors (Lipinski definition) is 0. The number of esters is 1. The van der Waals surface area contributed by atoms with Crippen LogP contribution < -0.4 is 0 Å². The van der Waals surface area contributed by atoms with Crippen LogP contribution in [0.1, 0.15) is 53.9 Å². The van der Waals surface area contributed by atoms with Crippen molar-refractivity contribution < 1.29 is 19.0 Å². The molecular formula is C17H32O4. The Bertz CT molecular complexity index is 303. The molecular weight excluding hydrogens is 268 g/mol. The Morgan fingerprint density at radius 2 is 2.00 bits per heavy atom. The van der Waals surface area contributed by atoms with Gasteiger partial charge in [0.1, 0.15) is 6.10 Å². The fourth-order valence-corrected chi connectivity index (χ4v) is 2.63. The van der Waals surface area contributed by atoms with Crippen molar-refractivity contribution in [2.24, 2.45) is 17.8 Å². The molecule has 0 aromatic rings. The SMILES string of the molecule is CCCOC1COCC(C)C(=O)OC(C)C1CCC(C)C. The van der Waals surface area contributed by atoms with E-state index in [0.717, 1.165) is 25.9 Å². The quantitative estimate of drug-likeness (QED) is 0.705. The lowest BCUT2D eigenvalue weighted by molar-refractivity contribution is -0.157. The van der Waals surface area contributed by atoms with Crippen molar-refractivity contribution in [1.29, 1.82) is 0 Å². The van der Waals surface area contributed by atoms with Gasteiger partial charge in [-0.25, -0.2) is 0 Å². The Balaban J connectivity index is 2.79. The predicted octanol–water partition coefficient (Wildman–Crippen LogP) is 3.43. The molecule has 124 valence electrons. The minimum atomic E-state index is -0.205. The molecule has 1 aliphatic heterocycles. The lowest BCUT2D eigenvalue weighted by Crippen LogP contribution is -2.37. The highest BCUT2D eigenvalue weighted by Crippen LogP contribution is 2.26. The van der Waals surface area contributed by atoms with Gasteiger partial charge in [0.25, 0.3) is 0 Å². The molecule has 1 aliphatic rings. The average molecular weight is 300 g/mol. The Labute approximate surface area is 129 Å². The van der Waals surface area contributed by atoms with Gasteiger partial charge in [0.15, 0.2) is 0 Å². The smallest absolute Gasteiger partial charge is 0.311 e. The molecule has 1 fully saturated rings. The second-order valence-corrected chi connectivity index (χ2v) is 6.62. The van der Waals surface area contributed by atoms with Crippen molar-refractivity contribution in [3.8, 4) is 0 Å². The van der Waals surface area contributed by atoms with Crippen LogP contribution in [-0.2, 0) is 19.0 Å². The molecule has 0 aliphatic carbocycles. The molecule has 4 unspecified atom stereocenters. The summed E-state index contributed by atoms with van der Waals surface area (Å²) < 4.78 is 17.3. The van der Waals surface area contributed by atoms with Gasteiger partial charge < -0.3 is 14.2 Å². The third kappa shape index (κ3) is 6.35. The summed E-state index contributed by atoms with van der Waals surface area (Å²) in [5.74, 6) is 0.469. The Morgan fingerprint density at radius 3 is 2.62 bits per heavy atom. The highest BCUT2D eigenvalue weighted by Gasteiger charge is 2.33. The fraction of sp³-hybridized carbons (Fsp3) is 0.941. The molecule has 0 amide bonds. The first kappa shape index (κ1) is 18.4. The van der Waals surface area contributed by atoms with Crippen molar-refractivity contribution in [3.63, 3.8) is 0 Å². The molecule has 1 heterocycles. The number of cyclic esters (lactones) is 1. The monoisotopic (exact) mass is 300 g/mol. The van der Waals surface area contributed by atoms with E-state index in [1.807, 2.05) is 13.8 Å². The van der Waals surface area contributed by atoms with Gasteiger partial charge in [-0.15, -0.1) is 0 Å². The maximum Gasteiger partial charge on any atom is 0.311 e.